The Hall–Kier alpha value is -3.39. The number of carbonyl (C=O) groups is 1. The molecule has 9 heteroatoms. The van der Waals surface area contributed by atoms with E-state index in [-0.39, 0.29) is 22.7 Å². The number of nitrogen functional groups attached to an aromatic ring is 1. The lowest BCUT2D eigenvalue weighted by atomic mass is 9.68. The van der Waals surface area contributed by atoms with Gasteiger partial charge in [-0.15, -0.1) is 0 Å². The first-order chi connectivity index (χ1) is 17.1. The van der Waals surface area contributed by atoms with Gasteiger partial charge in [0.2, 0.25) is 0 Å². The molecule has 0 spiro atoms. The van der Waals surface area contributed by atoms with Crippen LogP contribution in [0.25, 0.3) is 11.3 Å². The summed E-state index contributed by atoms with van der Waals surface area (Å²) in [5.74, 6) is 0. The standard InChI is InChI=1S/C27H32ClN5O3/c1-26(2,3)36-25(35)31-17-27(19-7-4-8-20(28)14-19)11-9-21(10-12-27)33-24(34)22(29)15-23(32-33)18-6-5-13-30-16-18/h4-8,13-16,21H,9-12,17,29H2,1-3H3,(H,31,35)/t21-,27-. The van der Waals surface area contributed by atoms with Gasteiger partial charge >= 0.3 is 6.09 Å². The molecule has 1 saturated carbocycles. The van der Waals surface area contributed by atoms with Gasteiger partial charge in [-0.2, -0.15) is 5.10 Å². The number of anilines is 1. The van der Waals surface area contributed by atoms with Crippen LogP contribution in [-0.4, -0.2) is 33.0 Å². The Balaban J connectivity index is 1.59. The van der Waals surface area contributed by atoms with E-state index < -0.39 is 11.7 Å². The molecule has 3 aromatic rings. The fourth-order valence-corrected chi connectivity index (χ4v) is 4.97. The molecule has 1 aromatic carbocycles. The molecule has 0 aliphatic heterocycles. The lowest BCUT2D eigenvalue weighted by molar-refractivity contribution is 0.0504. The SMILES string of the molecule is CC(C)(C)OC(=O)NC[C@]1(c2cccc(Cl)c2)CC[C@H](n2nc(-c3cccnc3)cc(N)c2=O)CC1. The Morgan fingerprint density at radius 3 is 2.61 bits per heavy atom. The van der Waals surface area contributed by atoms with E-state index in [1.54, 1.807) is 18.5 Å². The predicted octanol–water partition coefficient (Wildman–Crippen LogP) is 5.12. The van der Waals surface area contributed by atoms with Crippen molar-refractivity contribution in [1.29, 1.82) is 0 Å². The van der Waals surface area contributed by atoms with Crippen molar-refractivity contribution in [1.82, 2.24) is 20.1 Å². The van der Waals surface area contributed by atoms with Crippen LogP contribution < -0.4 is 16.6 Å². The number of pyridine rings is 1. The Morgan fingerprint density at radius 1 is 1.22 bits per heavy atom. The summed E-state index contributed by atoms with van der Waals surface area (Å²) in [6.07, 6.45) is 5.74. The maximum absolute atomic E-state index is 12.9. The lowest BCUT2D eigenvalue weighted by Crippen LogP contribution is -2.45. The van der Waals surface area contributed by atoms with E-state index in [9.17, 15) is 9.59 Å². The van der Waals surface area contributed by atoms with Gasteiger partial charge in [0.05, 0.1) is 11.7 Å². The Labute approximate surface area is 215 Å². The number of hydrogen-bond donors (Lipinski definition) is 2. The van der Waals surface area contributed by atoms with Crippen molar-refractivity contribution in [3.8, 4) is 11.3 Å². The fraction of sp³-hybridized carbons (Fsp3) is 0.407. The number of halogens is 1. The molecule has 8 nitrogen and oxygen atoms in total. The average Bonchev–Trinajstić information content (AvgIpc) is 2.84. The molecule has 190 valence electrons. The predicted molar refractivity (Wildman–Crippen MR) is 141 cm³/mol. The first-order valence-corrected chi connectivity index (χ1v) is 12.5. The quantitative estimate of drug-likeness (QED) is 0.493. The summed E-state index contributed by atoms with van der Waals surface area (Å²) in [5, 5.41) is 8.25. The van der Waals surface area contributed by atoms with E-state index >= 15 is 0 Å². The number of hydrogen-bond acceptors (Lipinski definition) is 6. The third-order valence-electron chi connectivity index (χ3n) is 6.59. The number of ether oxygens (including phenoxy) is 1. The van der Waals surface area contributed by atoms with Crippen LogP contribution in [-0.2, 0) is 10.2 Å². The zero-order chi connectivity index (χ0) is 25.9. The van der Waals surface area contributed by atoms with Crippen LogP contribution in [0, 0.1) is 0 Å². The van der Waals surface area contributed by atoms with Crippen molar-refractivity contribution in [2.75, 3.05) is 12.3 Å². The van der Waals surface area contributed by atoms with Crippen LogP contribution in [0.1, 0.15) is 58.1 Å². The summed E-state index contributed by atoms with van der Waals surface area (Å²) in [5.41, 5.74) is 7.46. The summed E-state index contributed by atoms with van der Waals surface area (Å²) < 4.78 is 6.97. The molecular weight excluding hydrogens is 478 g/mol. The van der Waals surface area contributed by atoms with Crippen LogP contribution in [0.2, 0.25) is 5.02 Å². The van der Waals surface area contributed by atoms with E-state index in [0.29, 0.717) is 30.1 Å². The van der Waals surface area contributed by atoms with Gasteiger partial charge in [0.1, 0.15) is 11.3 Å². The highest BCUT2D eigenvalue weighted by atomic mass is 35.5. The number of rotatable bonds is 5. The van der Waals surface area contributed by atoms with E-state index in [2.05, 4.69) is 15.4 Å². The number of nitrogens with one attached hydrogen (secondary N) is 1. The highest BCUT2D eigenvalue weighted by molar-refractivity contribution is 6.30. The molecule has 36 heavy (non-hydrogen) atoms. The fourth-order valence-electron chi connectivity index (χ4n) is 4.78. The van der Waals surface area contributed by atoms with Gasteiger partial charge in [-0.25, -0.2) is 9.48 Å². The van der Waals surface area contributed by atoms with Crippen molar-refractivity contribution in [2.45, 2.75) is 63.5 Å². The molecule has 4 rings (SSSR count). The summed E-state index contributed by atoms with van der Waals surface area (Å²) in [4.78, 5) is 29.5. The Bertz CT molecular complexity index is 1280. The number of amides is 1. The highest BCUT2D eigenvalue weighted by Gasteiger charge is 2.39. The van der Waals surface area contributed by atoms with Crippen molar-refractivity contribution in [3.63, 3.8) is 0 Å². The number of nitrogens with zero attached hydrogens (tertiary/aromatic N) is 3. The molecule has 2 heterocycles. The summed E-state index contributed by atoms with van der Waals surface area (Å²) in [6, 6.07) is 12.9. The highest BCUT2D eigenvalue weighted by Crippen LogP contribution is 2.43. The summed E-state index contributed by atoms with van der Waals surface area (Å²) >= 11 is 6.33. The minimum atomic E-state index is -0.586. The summed E-state index contributed by atoms with van der Waals surface area (Å²) in [7, 11) is 0. The maximum atomic E-state index is 12.9. The molecule has 1 aliphatic carbocycles. The molecular formula is C27H32ClN5O3. The molecule has 1 amide bonds. The van der Waals surface area contributed by atoms with E-state index in [1.165, 1.54) is 4.68 Å². The smallest absolute Gasteiger partial charge is 0.407 e. The number of nitrogens with two attached hydrogens (primary N) is 1. The maximum Gasteiger partial charge on any atom is 0.407 e. The van der Waals surface area contributed by atoms with Gasteiger partial charge in [-0.3, -0.25) is 9.78 Å². The Morgan fingerprint density at radius 2 is 1.97 bits per heavy atom. The third-order valence-corrected chi connectivity index (χ3v) is 6.82. The first-order valence-electron chi connectivity index (χ1n) is 12.1. The monoisotopic (exact) mass is 509 g/mol. The van der Waals surface area contributed by atoms with Crippen molar-refractivity contribution >= 4 is 23.4 Å². The third kappa shape index (κ3) is 5.87. The molecule has 3 N–H and O–H groups in total. The molecule has 0 radical (unpaired) electrons. The van der Waals surface area contributed by atoms with Crippen molar-refractivity contribution < 1.29 is 9.53 Å². The van der Waals surface area contributed by atoms with Gasteiger partial charge in [-0.1, -0.05) is 23.7 Å². The average molecular weight is 510 g/mol. The zero-order valence-electron chi connectivity index (χ0n) is 20.8. The number of aromatic nitrogens is 3. The number of benzene rings is 1. The van der Waals surface area contributed by atoms with E-state index in [1.807, 2.05) is 57.2 Å². The molecule has 1 aliphatic rings. The van der Waals surface area contributed by atoms with Crippen LogP contribution in [0.4, 0.5) is 10.5 Å². The van der Waals surface area contributed by atoms with Gasteiger partial charge < -0.3 is 15.8 Å². The summed E-state index contributed by atoms with van der Waals surface area (Å²) in [6.45, 7) is 5.90. The van der Waals surface area contributed by atoms with Gasteiger partial charge in [0, 0.05) is 34.9 Å². The van der Waals surface area contributed by atoms with Crippen molar-refractivity contribution in [3.05, 3.63) is 75.8 Å². The van der Waals surface area contributed by atoms with Gasteiger partial charge in [-0.05, 0) is 82.3 Å². The van der Waals surface area contributed by atoms with Gasteiger partial charge in [0.25, 0.3) is 5.56 Å². The van der Waals surface area contributed by atoms with Crippen LogP contribution >= 0.6 is 11.6 Å². The largest absolute Gasteiger partial charge is 0.444 e. The van der Waals surface area contributed by atoms with E-state index in [4.69, 9.17) is 22.1 Å². The molecule has 0 atom stereocenters. The minimum absolute atomic E-state index is 0.120. The van der Waals surface area contributed by atoms with Crippen LogP contribution in [0.5, 0.6) is 0 Å². The molecule has 0 unspecified atom stereocenters. The van der Waals surface area contributed by atoms with Crippen LogP contribution in [0.15, 0.2) is 59.7 Å². The topological polar surface area (TPSA) is 112 Å². The second-order valence-corrected chi connectivity index (χ2v) is 10.8. The first kappa shape index (κ1) is 25.7. The molecule has 2 aromatic heterocycles. The minimum Gasteiger partial charge on any atom is -0.444 e. The Kier molecular flexibility index (Phi) is 7.36. The van der Waals surface area contributed by atoms with Crippen LogP contribution in [0.3, 0.4) is 0 Å². The second-order valence-electron chi connectivity index (χ2n) is 10.4. The number of carbonyl (C=O) groups excluding carboxylic acids is 1. The van der Waals surface area contributed by atoms with Crippen molar-refractivity contribution in [2.24, 2.45) is 0 Å². The number of alkyl carbamates (subject to hydrolysis) is 1. The second kappa shape index (κ2) is 10.3. The lowest BCUT2D eigenvalue weighted by Gasteiger charge is -2.41. The molecule has 1 fully saturated rings. The normalized spacial score (nSPS) is 20.1. The molecule has 0 saturated heterocycles. The van der Waals surface area contributed by atoms with E-state index in [0.717, 1.165) is 24.0 Å². The van der Waals surface area contributed by atoms with Gasteiger partial charge in [0.15, 0.2) is 0 Å². The zero-order valence-corrected chi connectivity index (χ0v) is 21.6. The molecule has 0 bridgehead atoms.